The van der Waals surface area contributed by atoms with Crippen molar-refractivity contribution in [1.82, 2.24) is 4.98 Å². The normalized spacial score (nSPS) is 10.6. The van der Waals surface area contributed by atoms with Gasteiger partial charge in [0.1, 0.15) is 28.0 Å². The Bertz CT molecular complexity index is 1590. The lowest BCUT2D eigenvalue weighted by atomic mass is 10.00. The number of pyridine rings is 1. The number of nitrogens with zero attached hydrogens (tertiary/aromatic N) is 2. The lowest BCUT2D eigenvalue weighted by molar-refractivity contribution is 0.102. The van der Waals surface area contributed by atoms with E-state index in [9.17, 15) is 10.1 Å². The molecule has 0 aliphatic heterocycles. The van der Waals surface area contributed by atoms with Gasteiger partial charge in [-0.2, -0.15) is 5.26 Å². The molecule has 0 spiro atoms. The van der Waals surface area contributed by atoms with Gasteiger partial charge in [-0.05, 0) is 29.8 Å². The van der Waals surface area contributed by atoms with Crippen molar-refractivity contribution in [3.8, 4) is 17.2 Å². The van der Waals surface area contributed by atoms with Crippen LogP contribution in [0.25, 0.3) is 21.3 Å². The van der Waals surface area contributed by atoms with E-state index in [0.717, 1.165) is 11.3 Å². The van der Waals surface area contributed by atoms with E-state index in [2.05, 4.69) is 21.7 Å². The number of rotatable bonds is 5. The first-order valence-electron chi connectivity index (χ1n) is 10.7. The molecule has 0 saturated carbocycles. The average molecular weight is 496 g/mol. The first-order chi connectivity index (χ1) is 17.1. The number of carbonyl (C=O) groups excluding carboxylic acids is 1. The number of halogens is 1. The van der Waals surface area contributed by atoms with Crippen LogP contribution in [0.15, 0.2) is 84.9 Å². The molecule has 0 unspecified atom stereocenters. The number of carbonyl (C=O) groups is 1. The quantitative estimate of drug-likeness (QED) is 0.242. The van der Waals surface area contributed by atoms with Crippen molar-refractivity contribution >= 4 is 61.3 Å². The number of thiophene rings is 1. The number of nitrogens with two attached hydrogens (primary N) is 1. The van der Waals surface area contributed by atoms with Crippen molar-refractivity contribution < 1.29 is 4.79 Å². The predicted octanol–water partition coefficient (Wildman–Crippen LogP) is 7.07. The van der Waals surface area contributed by atoms with E-state index in [0.29, 0.717) is 37.1 Å². The van der Waals surface area contributed by atoms with Crippen LogP contribution in [0.1, 0.15) is 15.9 Å². The number of amides is 1. The molecule has 170 valence electrons. The summed E-state index contributed by atoms with van der Waals surface area (Å²) in [6, 6.07) is 28.2. The van der Waals surface area contributed by atoms with Crippen molar-refractivity contribution in [1.29, 1.82) is 5.26 Å². The van der Waals surface area contributed by atoms with Gasteiger partial charge in [0.05, 0.1) is 20.9 Å². The maximum Gasteiger partial charge on any atom is 0.260 e. The van der Waals surface area contributed by atoms with Gasteiger partial charge in [0.15, 0.2) is 0 Å². The number of nitriles is 1. The summed E-state index contributed by atoms with van der Waals surface area (Å²) in [7, 11) is 0. The summed E-state index contributed by atoms with van der Waals surface area (Å²) in [6.45, 7) is 0. The second kappa shape index (κ2) is 9.47. The highest BCUT2D eigenvalue weighted by molar-refractivity contribution is 7.24. The van der Waals surface area contributed by atoms with Gasteiger partial charge in [-0.3, -0.25) is 4.79 Å². The summed E-state index contributed by atoms with van der Waals surface area (Å²) in [5, 5.41) is 17.1. The van der Waals surface area contributed by atoms with E-state index in [1.54, 1.807) is 24.3 Å². The van der Waals surface area contributed by atoms with Crippen molar-refractivity contribution in [3.63, 3.8) is 0 Å². The molecule has 5 rings (SSSR count). The molecule has 1 amide bonds. The Hall–Kier alpha value is -4.38. The molecule has 0 aliphatic rings. The van der Waals surface area contributed by atoms with Crippen LogP contribution in [-0.4, -0.2) is 10.9 Å². The third-order valence-electron chi connectivity index (χ3n) is 5.40. The fourth-order valence-corrected chi connectivity index (χ4v) is 5.22. The van der Waals surface area contributed by atoms with Gasteiger partial charge in [0.2, 0.25) is 0 Å². The molecule has 35 heavy (non-hydrogen) atoms. The van der Waals surface area contributed by atoms with Crippen LogP contribution < -0.4 is 16.4 Å². The molecular formula is C27H18ClN5OS. The van der Waals surface area contributed by atoms with E-state index in [1.165, 1.54) is 11.3 Å². The van der Waals surface area contributed by atoms with Crippen LogP contribution in [0, 0.1) is 11.3 Å². The fourth-order valence-electron chi connectivity index (χ4n) is 3.81. The number of hydrogen-bond acceptors (Lipinski definition) is 6. The van der Waals surface area contributed by atoms with Crippen molar-refractivity contribution in [2.45, 2.75) is 0 Å². The van der Waals surface area contributed by atoms with E-state index in [-0.39, 0.29) is 11.4 Å². The van der Waals surface area contributed by atoms with Gasteiger partial charge >= 0.3 is 0 Å². The second-order valence-electron chi connectivity index (χ2n) is 7.63. The molecule has 0 fully saturated rings. The summed E-state index contributed by atoms with van der Waals surface area (Å²) in [6.07, 6.45) is 0. The summed E-state index contributed by atoms with van der Waals surface area (Å²) >= 11 is 7.64. The molecule has 0 saturated heterocycles. The Morgan fingerprint density at radius 2 is 1.63 bits per heavy atom. The molecule has 0 aliphatic carbocycles. The van der Waals surface area contributed by atoms with Crippen LogP contribution in [0.4, 0.5) is 22.2 Å². The molecule has 8 heteroatoms. The van der Waals surface area contributed by atoms with Crippen molar-refractivity contribution in [2.24, 2.45) is 0 Å². The zero-order chi connectivity index (χ0) is 24.4. The first kappa shape index (κ1) is 22.4. The molecule has 0 bridgehead atoms. The average Bonchev–Trinajstić information content (AvgIpc) is 3.22. The summed E-state index contributed by atoms with van der Waals surface area (Å²) in [5.41, 5.74) is 9.99. The SMILES string of the molecule is N#Cc1c(N)nc2c(C(=O)Nc3ccccc3Cl)c(Nc3ccccc3)sc2c1-c1ccccc1. The monoisotopic (exact) mass is 495 g/mol. The highest BCUT2D eigenvalue weighted by Crippen LogP contribution is 2.44. The van der Waals surface area contributed by atoms with Crippen molar-refractivity contribution in [3.05, 3.63) is 101 Å². The lowest BCUT2D eigenvalue weighted by Crippen LogP contribution is -2.14. The van der Waals surface area contributed by atoms with Crippen LogP contribution in [0.2, 0.25) is 5.02 Å². The standard InChI is InChI=1S/C27H18ClN5OS/c28-19-13-7-8-14-20(19)32-26(34)22-23-24(35-27(22)31-17-11-5-2-6-12-17)21(16-9-3-1-4-10-16)18(15-29)25(30)33-23/h1-14,31H,(H2,30,33)(H,32,34). The number of nitrogen functional groups attached to an aromatic ring is 1. The number of hydrogen-bond donors (Lipinski definition) is 3. The number of aromatic nitrogens is 1. The number of fused-ring (bicyclic) bond motifs is 1. The molecule has 0 radical (unpaired) electrons. The third-order valence-corrected chi connectivity index (χ3v) is 6.85. The maximum atomic E-state index is 13.6. The third kappa shape index (κ3) is 4.28. The zero-order valence-corrected chi connectivity index (χ0v) is 19.8. The Balaban J connectivity index is 1.76. The molecule has 2 heterocycles. The van der Waals surface area contributed by atoms with Crippen LogP contribution in [0.3, 0.4) is 0 Å². The number of benzene rings is 3. The fraction of sp³-hybridized carbons (Fsp3) is 0. The van der Waals surface area contributed by atoms with Gasteiger partial charge in [-0.15, -0.1) is 11.3 Å². The van der Waals surface area contributed by atoms with E-state index >= 15 is 0 Å². The van der Waals surface area contributed by atoms with Gasteiger partial charge < -0.3 is 16.4 Å². The van der Waals surface area contributed by atoms with Gasteiger partial charge in [0.25, 0.3) is 5.91 Å². The Labute approximate surface area is 210 Å². The van der Waals surface area contributed by atoms with Gasteiger partial charge in [0, 0.05) is 11.3 Å². The summed E-state index contributed by atoms with van der Waals surface area (Å²) in [5.74, 6) is -0.326. The second-order valence-corrected chi connectivity index (χ2v) is 9.06. The molecule has 4 N–H and O–H groups in total. The maximum absolute atomic E-state index is 13.6. The van der Waals surface area contributed by atoms with Crippen molar-refractivity contribution in [2.75, 3.05) is 16.4 Å². The predicted molar refractivity (Wildman–Crippen MR) is 143 cm³/mol. The Morgan fingerprint density at radius 1 is 0.971 bits per heavy atom. The first-order valence-corrected chi connectivity index (χ1v) is 11.9. The topological polar surface area (TPSA) is 104 Å². The Morgan fingerprint density at radius 3 is 2.31 bits per heavy atom. The minimum absolute atomic E-state index is 0.0645. The van der Waals surface area contributed by atoms with E-state index < -0.39 is 5.91 Å². The van der Waals surface area contributed by atoms with Crippen LogP contribution in [-0.2, 0) is 0 Å². The number of anilines is 4. The summed E-state index contributed by atoms with van der Waals surface area (Å²) in [4.78, 5) is 18.1. The van der Waals surface area contributed by atoms with Crippen LogP contribution in [0.5, 0.6) is 0 Å². The molecule has 5 aromatic rings. The molecule has 3 aromatic carbocycles. The summed E-state index contributed by atoms with van der Waals surface area (Å²) < 4.78 is 0.685. The highest BCUT2D eigenvalue weighted by Gasteiger charge is 2.26. The van der Waals surface area contributed by atoms with E-state index in [1.807, 2.05) is 60.7 Å². The molecule has 2 aromatic heterocycles. The molecule has 6 nitrogen and oxygen atoms in total. The number of para-hydroxylation sites is 2. The Kier molecular flexibility index (Phi) is 6.06. The zero-order valence-electron chi connectivity index (χ0n) is 18.2. The lowest BCUT2D eigenvalue weighted by Gasteiger charge is -2.10. The smallest absolute Gasteiger partial charge is 0.260 e. The minimum atomic E-state index is -0.390. The molecular weight excluding hydrogens is 478 g/mol. The van der Waals surface area contributed by atoms with Crippen LogP contribution >= 0.6 is 22.9 Å². The molecule has 0 atom stereocenters. The van der Waals surface area contributed by atoms with Gasteiger partial charge in [-0.1, -0.05) is 72.3 Å². The van der Waals surface area contributed by atoms with Gasteiger partial charge in [-0.25, -0.2) is 4.98 Å². The number of nitrogens with one attached hydrogen (secondary N) is 2. The van der Waals surface area contributed by atoms with E-state index in [4.69, 9.17) is 17.3 Å². The largest absolute Gasteiger partial charge is 0.383 e. The highest BCUT2D eigenvalue weighted by atomic mass is 35.5. The minimum Gasteiger partial charge on any atom is -0.383 e.